The van der Waals surface area contributed by atoms with Gasteiger partial charge in [0.1, 0.15) is 0 Å². The molecule has 5 heteroatoms. The largest absolute Gasteiger partial charge is 0.301 e. The molecule has 1 aliphatic heterocycles. The van der Waals surface area contributed by atoms with Crippen LogP contribution in [0.15, 0.2) is 45.7 Å². The Morgan fingerprint density at radius 1 is 1.05 bits per heavy atom. The van der Waals surface area contributed by atoms with Crippen LogP contribution in [-0.2, 0) is 6.54 Å². The highest BCUT2D eigenvalue weighted by atomic mass is 79.9. The van der Waals surface area contributed by atoms with Crippen LogP contribution in [0.5, 0.6) is 0 Å². The number of hydrogen-bond donors (Lipinski definition) is 0. The van der Waals surface area contributed by atoms with Gasteiger partial charge in [-0.2, -0.15) is 5.10 Å². The molecule has 4 nitrogen and oxygen atoms in total. The van der Waals surface area contributed by atoms with Gasteiger partial charge in [0.05, 0.1) is 12.2 Å². The lowest BCUT2D eigenvalue weighted by molar-refractivity contribution is 0.216. The number of hydrogen-bond acceptors (Lipinski definition) is 3. The number of nitrogens with zero attached hydrogens (tertiary/aromatic N) is 3. The molecule has 2 heterocycles. The Morgan fingerprint density at radius 3 is 2.64 bits per heavy atom. The van der Waals surface area contributed by atoms with Gasteiger partial charge < -0.3 is 4.90 Å². The molecule has 0 atom stereocenters. The van der Waals surface area contributed by atoms with Crippen LogP contribution in [0.2, 0.25) is 0 Å². The minimum Gasteiger partial charge on any atom is -0.301 e. The van der Waals surface area contributed by atoms with Crippen molar-refractivity contribution in [2.24, 2.45) is 0 Å². The van der Waals surface area contributed by atoms with Gasteiger partial charge in [-0.1, -0.05) is 34.5 Å². The molecule has 0 N–H and O–H groups in total. The Kier molecular flexibility index (Phi) is 5.05. The van der Waals surface area contributed by atoms with Gasteiger partial charge in [-0.05, 0) is 44.1 Å². The topological polar surface area (TPSA) is 38.1 Å². The van der Waals surface area contributed by atoms with Gasteiger partial charge in [0.25, 0.3) is 5.56 Å². The summed E-state index contributed by atoms with van der Waals surface area (Å²) in [7, 11) is 0. The lowest BCUT2D eigenvalue weighted by Gasteiger charge is -2.26. The summed E-state index contributed by atoms with van der Waals surface area (Å²) in [6.45, 7) is 3.83. The maximum atomic E-state index is 12.0. The van der Waals surface area contributed by atoms with E-state index in [2.05, 4.69) is 25.9 Å². The first-order valence-electron chi connectivity index (χ1n) is 7.79. The first kappa shape index (κ1) is 15.4. The first-order valence-corrected chi connectivity index (χ1v) is 8.58. The van der Waals surface area contributed by atoms with Crippen LogP contribution in [0.1, 0.15) is 19.3 Å². The minimum absolute atomic E-state index is 0.0317. The van der Waals surface area contributed by atoms with Crippen LogP contribution in [0.25, 0.3) is 11.3 Å². The zero-order chi connectivity index (χ0) is 15.4. The molecule has 0 radical (unpaired) electrons. The van der Waals surface area contributed by atoms with E-state index in [1.807, 2.05) is 24.3 Å². The molecule has 0 bridgehead atoms. The molecule has 116 valence electrons. The van der Waals surface area contributed by atoms with Gasteiger partial charge in [0.15, 0.2) is 0 Å². The number of likely N-dealkylation sites (tertiary alicyclic amines) is 1. The molecule has 0 unspecified atom stereocenters. The zero-order valence-corrected chi connectivity index (χ0v) is 14.1. The van der Waals surface area contributed by atoms with Crippen molar-refractivity contribution >= 4 is 15.9 Å². The fourth-order valence-corrected chi connectivity index (χ4v) is 3.23. The maximum Gasteiger partial charge on any atom is 0.266 e. The van der Waals surface area contributed by atoms with Gasteiger partial charge in [0.2, 0.25) is 0 Å². The van der Waals surface area contributed by atoms with Crippen LogP contribution in [0, 0.1) is 0 Å². The van der Waals surface area contributed by atoms with E-state index in [0.29, 0.717) is 6.54 Å². The molecule has 1 aliphatic rings. The fraction of sp³-hybridized carbons (Fsp3) is 0.412. The summed E-state index contributed by atoms with van der Waals surface area (Å²) in [5.74, 6) is 0. The second-order valence-electron chi connectivity index (χ2n) is 5.69. The Bertz CT molecular complexity index is 692. The average Bonchev–Trinajstić information content (AvgIpc) is 2.55. The second kappa shape index (κ2) is 7.20. The highest BCUT2D eigenvalue weighted by molar-refractivity contribution is 9.10. The average molecular weight is 362 g/mol. The molecule has 3 rings (SSSR count). The normalized spacial score (nSPS) is 15.9. The molecule has 22 heavy (non-hydrogen) atoms. The predicted molar refractivity (Wildman–Crippen MR) is 91.9 cm³/mol. The number of rotatable bonds is 4. The zero-order valence-electron chi connectivity index (χ0n) is 12.5. The van der Waals surface area contributed by atoms with Gasteiger partial charge >= 0.3 is 0 Å². The van der Waals surface area contributed by atoms with Crippen LogP contribution in [0.3, 0.4) is 0 Å². The van der Waals surface area contributed by atoms with E-state index in [9.17, 15) is 4.79 Å². The summed E-state index contributed by atoms with van der Waals surface area (Å²) < 4.78 is 2.60. The molecular formula is C17H20BrN3O. The van der Waals surface area contributed by atoms with Gasteiger partial charge in [-0.3, -0.25) is 4.79 Å². The van der Waals surface area contributed by atoms with Crippen molar-refractivity contribution in [3.8, 4) is 11.3 Å². The number of piperidine rings is 1. The molecule has 0 spiro atoms. The van der Waals surface area contributed by atoms with E-state index in [-0.39, 0.29) is 5.56 Å². The highest BCUT2D eigenvalue weighted by Gasteiger charge is 2.11. The van der Waals surface area contributed by atoms with Crippen molar-refractivity contribution in [3.63, 3.8) is 0 Å². The Labute approximate surface area is 138 Å². The first-order chi connectivity index (χ1) is 10.7. The molecule has 0 amide bonds. The summed E-state index contributed by atoms with van der Waals surface area (Å²) in [4.78, 5) is 14.4. The van der Waals surface area contributed by atoms with Crippen molar-refractivity contribution in [3.05, 3.63) is 51.2 Å². The predicted octanol–water partition coefficient (Wildman–Crippen LogP) is 3.16. The van der Waals surface area contributed by atoms with Gasteiger partial charge in [-0.15, -0.1) is 0 Å². The molecule has 1 aromatic carbocycles. The molecule has 1 fully saturated rings. The summed E-state index contributed by atoms with van der Waals surface area (Å²) in [6.07, 6.45) is 3.86. The van der Waals surface area contributed by atoms with E-state index < -0.39 is 0 Å². The van der Waals surface area contributed by atoms with Crippen molar-refractivity contribution in [2.75, 3.05) is 19.6 Å². The summed E-state index contributed by atoms with van der Waals surface area (Å²) in [6, 6.07) is 11.4. The van der Waals surface area contributed by atoms with E-state index in [0.717, 1.165) is 35.4 Å². The lowest BCUT2D eigenvalue weighted by atomic mass is 10.1. The molecule has 0 saturated carbocycles. The number of aromatic nitrogens is 2. The third-order valence-corrected chi connectivity index (χ3v) is 4.56. The van der Waals surface area contributed by atoms with Crippen LogP contribution in [-0.4, -0.2) is 34.3 Å². The van der Waals surface area contributed by atoms with E-state index in [1.54, 1.807) is 16.8 Å². The van der Waals surface area contributed by atoms with Gasteiger partial charge in [0, 0.05) is 22.6 Å². The monoisotopic (exact) mass is 361 g/mol. The summed E-state index contributed by atoms with van der Waals surface area (Å²) in [5, 5.41) is 4.52. The number of benzene rings is 1. The minimum atomic E-state index is -0.0317. The third-order valence-electron chi connectivity index (χ3n) is 4.06. The van der Waals surface area contributed by atoms with E-state index >= 15 is 0 Å². The lowest BCUT2D eigenvalue weighted by Crippen LogP contribution is -2.35. The highest BCUT2D eigenvalue weighted by Crippen LogP contribution is 2.20. The van der Waals surface area contributed by atoms with Crippen molar-refractivity contribution < 1.29 is 0 Å². The molecule has 1 aromatic heterocycles. The second-order valence-corrected chi connectivity index (χ2v) is 6.61. The van der Waals surface area contributed by atoms with Crippen LogP contribution < -0.4 is 5.56 Å². The maximum absolute atomic E-state index is 12.0. The quantitative estimate of drug-likeness (QED) is 0.839. The van der Waals surface area contributed by atoms with Crippen molar-refractivity contribution in [1.29, 1.82) is 0 Å². The van der Waals surface area contributed by atoms with Crippen LogP contribution in [0.4, 0.5) is 0 Å². The SMILES string of the molecule is O=c1ccc(-c2cccc(Br)c2)nn1CCN1CCCCC1. The van der Waals surface area contributed by atoms with E-state index in [1.165, 1.54) is 19.3 Å². The van der Waals surface area contributed by atoms with Crippen molar-refractivity contribution in [2.45, 2.75) is 25.8 Å². The Morgan fingerprint density at radius 2 is 1.86 bits per heavy atom. The molecule has 0 aliphatic carbocycles. The van der Waals surface area contributed by atoms with Crippen molar-refractivity contribution in [1.82, 2.24) is 14.7 Å². The third kappa shape index (κ3) is 3.84. The standard InChI is InChI=1S/C17H20BrN3O/c18-15-6-4-5-14(13-15)16-7-8-17(22)21(19-16)12-11-20-9-2-1-3-10-20/h4-8,13H,1-3,9-12H2. The smallest absolute Gasteiger partial charge is 0.266 e. The van der Waals surface area contributed by atoms with E-state index in [4.69, 9.17) is 0 Å². The Hall–Kier alpha value is -1.46. The van der Waals surface area contributed by atoms with Crippen LogP contribution >= 0.6 is 15.9 Å². The number of halogens is 1. The molecule has 1 saturated heterocycles. The summed E-state index contributed by atoms with van der Waals surface area (Å²) in [5.41, 5.74) is 1.82. The fourth-order valence-electron chi connectivity index (χ4n) is 2.83. The molecular weight excluding hydrogens is 342 g/mol. The summed E-state index contributed by atoms with van der Waals surface area (Å²) >= 11 is 3.47. The molecule has 2 aromatic rings. The Balaban J connectivity index is 1.76. The van der Waals surface area contributed by atoms with Gasteiger partial charge in [-0.25, -0.2) is 4.68 Å².